The number of benzene rings is 1. The average Bonchev–Trinajstić information content (AvgIpc) is 2.28. The van der Waals surface area contributed by atoms with E-state index in [0.29, 0.717) is 10.6 Å². The summed E-state index contributed by atoms with van der Waals surface area (Å²) in [5.74, 6) is 0. The van der Waals surface area contributed by atoms with E-state index in [2.05, 4.69) is 25.7 Å². The lowest BCUT2D eigenvalue weighted by atomic mass is 9.99. The predicted octanol–water partition coefficient (Wildman–Crippen LogP) is 3.78. The van der Waals surface area contributed by atoms with Crippen LogP contribution in [0.25, 0.3) is 0 Å². The first kappa shape index (κ1) is 13.0. The van der Waals surface area contributed by atoms with Gasteiger partial charge in [-0.2, -0.15) is 0 Å². The molecule has 0 heterocycles. The molecule has 0 N–H and O–H groups in total. The Labute approximate surface area is 102 Å². The summed E-state index contributed by atoms with van der Waals surface area (Å²) in [6, 6.07) is 5.38. The van der Waals surface area contributed by atoms with Crippen molar-refractivity contribution in [1.82, 2.24) is 0 Å². The van der Waals surface area contributed by atoms with E-state index >= 15 is 0 Å². The van der Waals surface area contributed by atoms with Crippen LogP contribution in [0.3, 0.4) is 0 Å². The summed E-state index contributed by atoms with van der Waals surface area (Å²) in [6.45, 7) is 6.47. The van der Waals surface area contributed by atoms with Crippen molar-refractivity contribution in [2.75, 3.05) is 11.9 Å². The Hall–Kier alpha value is -1.02. The summed E-state index contributed by atoms with van der Waals surface area (Å²) >= 11 is 6.17. The number of aldehydes is 1. The summed E-state index contributed by atoms with van der Waals surface area (Å²) < 4.78 is 0. The van der Waals surface area contributed by atoms with Crippen molar-refractivity contribution in [2.24, 2.45) is 0 Å². The molecule has 0 atom stereocenters. The van der Waals surface area contributed by atoms with Crippen molar-refractivity contribution in [3.05, 3.63) is 28.8 Å². The van der Waals surface area contributed by atoms with Gasteiger partial charge in [0.25, 0.3) is 0 Å². The smallest absolute Gasteiger partial charge is 0.150 e. The molecule has 3 heteroatoms. The van der Waals surface area contributed by atoms with Gasteiger partial charge in [-0.1, -0.05) is 18.5 Å². The molecule has 0 saturated heterocycles. The SMILES string of the molecule is CCC(C)(C)N(C)c1ccc(C=O)cc1Cl. The van der Waals surface area contributed by atoms with Crippen LogP contribution in [0.15, 0.2) is 18.2 Å². The highest BCUT2D eigenvalue weighted by molar-refractivity contribution is 6.33. The van der Waals surface area contributed by atoms with Gasteiger partial charge in [0.05, 0.1) is 10.7 Å². The van der Waals surface area contributed by atoms with Crippen molar-refractivity contribution >= 4 is 23.6 Å². The molecule has 0 spiro atoms. The Kier molecular flexibility index (Phi) is 3.98. The van der Waals surface area contributed by atoms with Gasteiger partial charge in [0.15, 0.2) is 0 Å². The van der Waals surface area contributed by atoms with Gasteiger partial charge in [-0.25, -0.2) is 0 Å². The van der Waals surface area contributed by atoms with E-state index in [1.54, 1.807) is 12.1 Å². The van der Waals surface area contributed by atoms with Crippen molar-refractivity contribution in [3.63, 3.8) is 0 Å². The third-order valence-electron chi connectivity index (χ3n) is 3.24. The van der Waals surface area contributed by atoms with E-state index in [9.17, 15) is 4.79 Å². The van der Waals surface area contributed by atoms with Crippen molar-refractivity contribution in [3.8, 4) is 0 Å². The van der Waals surface area contributed by atoms with Crippen LogP contribution < -0.4 is 4.90 Å². The van der Waals surface area contributed by atoms with Gasteiger partial charge < -0.3 is 4.90 Å². The fraction of sp³-hybridized carbons (Fsp3) is 0.462. The maximum absolute atomic E-state index is 10.6. The Morgan fingerprint density at radius 1 is 1.44 bits per heavy atom. The minimum absolute atomic E-state index is 0.0480. The number of hydrogen-bond acceptors (Lipinski definition) is 2. The minimum Gasteiger partial charge on any atom is -0.368 e. The third kappa shape index (κ3) is 2.56. The van der Waals surface area contributed by atoms with Crippen molar-refractivity contribution < 1.29 is 4.79 Å². The van der Waals surface area contributed by atoms with E-state index in [1.807, 2.05) is 13.1 Å². The molecular formula is C13H18ClNO. The first-order valence-electron chi connectivity index (χ1n) is 5.41. The molecule has 0 fully saturated rings. The lowest BCUT2D eigenvalue weighted by Crippen LogP contribution is -2.40. The summed E-state index contributed by atoms with van der Waals surface area (Å²) in [5, 5.41) is 0.619. The average molecular weight is 240 g/mol. The topological polar surface area (TPSA) is 20.3 Å². The minimum atomic E-state index is 0.0480. The highest BCUT2D eigenvalue weighted by Crippen LogP contribution is 2.31. The maximum Gasteiger partial charge on any atom is 0.150 e. The number of rotatable bonds is 4. The Bertz CT molecular complexity index is 388. The fourth-order valence-corrected chi connectivity index (χ4v) is 1.75. The molecule has 1 rings (SSSR count). The second-order valence-electron chi connectivity index (χ2n) is 4.55. The van der Waals surface area contributed by atoms with Gasteiger partial charge in [0.2, 0.25) is 0 Å². The monoisotopic (exact) mass is 239 g/mol. The van der Waals surface area contributed by atoms with Crippen LogP contribution in [0.1, 0.15) is 37.6 Å². The molecule has 88 valence electrons. The van der Waals surface area contributed by atoms with Gasteiger partial charge in [-0.05, 0) is 38.5 Å². The molecule has 0 aromatic heterocycles. The fourth-order valence-electron chi connectivity index (χ4n) is 1.43. The quantitative estimate of drug-likeness (QED) is 0.746. The van der Waals surface area contributed by atoms with Crippen LogP contribution in [-0.2, 0) is 0 Å². The molecule has 0 aliphatic rings. The zero-order valence-electron chi connectivity index (χ0n) is 10.2. The first-order valence-corrected chi connectivity index (χ1v) is 5.78. The second-order valence-corrected chi connectivity index (χ2v) is 4.96. The molecule has 1 aromatic carbocycles. The van der Waals surface area contributed by atoms with Crippen molar-refractivity contribution in [1.29, 1.82) is 0 Å². The third-order valence-corrected chi connectivity index (χ3v) is 3.55. The zero-order chi connectivity index (χ0) is 12.3. The Morgan fingerprint density at radius 3 is 2.50 bits per heavy atom. The summed E-state index contributed by atoms with van der Waals surface area (Å²) in [7, 11) is 2.02. The predicted molar refractivity (Wildman–Crippen MR) is 69.6 cm³/mol. The number of nitrogens with zero attached hydrogens (tertiary/aromatic N) is 1. The van der Waals surface area contributed by atoms with Gasteiger partial charge in [0, 0.05) is 18.2 Å². The Morgan fingerprint density at radius 2 is 2.06 bits per heavy atom. The zero-order valence-corrected chi connectivity index (χ0v) is 11.0. The van der Waals surface area contributed by atoms with Crippen LogP contribution in [-0.4, -0.2) is 18.9 Å². The number of hydrogen-bond donors (Lipinski definition) is 0. The van der Waals surface area contributed by atoms with Gasteiger partial charge >= 0.3 is 0 Å². The summed E-state index contributed by atoms with van der Waals surface area (Å²) in [4.78, 5) is 12.8. The molecule has 0 aliphatic carbocycles. The lowest BCUT2D eigenvalue weighted by Gasteiger charge is -2.37. The molecule has 0 bridgehead atoms. The van der Waals surface area contributed by atoms with Gasteiger partial charge in [-0.15, -0.1) is 0 Å². The van der Waals surface area contributed by atoms with Crippen LogP contribution >= 0.6 is 11.6 Å². The molecule has 0 saturated carbocycles. The summed E-state index contributed by atoms with van der Waals surface area (Å²) in [6.07, 6.45) is 1.83. The lowest BCUT2D eigenvalue weighted by molar-refractivity contribution is 0.112. The highest BCUT2D eigenvalue weighted by atomic mass is 35.5. The number of carbonyl (C=O) groups excluding carboxylic acids is 1. The van der Waals surface area contributed by atoms with Gasteiger partial charge in [-0.3, -0.25) is 4.79 Å². The van der Waals surface area contributed by atoms with Gasteiger partial charge in [0.1, 0.15) is 6.29 Å². The largest absolute Gasteiger partial charge is 0.368 e. The molecular weight excluding hydrogens is 222 g/mol. The van der Waals surface area contributed by atoms with Crippen LogP contribution in [0.5, 0.6) is 0 Å². The Balaban J connectivity index is 3.09. The van der Waals surface area contributed by atoms with E-state index in [4.69, 9.17) is 11.6 Å². The van der Waals surface area contributed by atoms with Crippen LogP contribution in [0.2, 0.25) is 5.02 Å². The summed E-state index contributed by atoms with van der Waals surface area (Å²) in [5.41, 5.74) is 1.61. The number of carbonyl (C=O) groups is 1. The van der Waals surface area contributed by atoms with E-state index in [0.717, 1.165) is 18.4 Å². The first-order chi connectivity index (χ1) is 7.42. The normalized spacial score (nSPS) is 11.3. The number of anilines is 1. The maximum atomic E-state index is 10.6. The molecule has 0 amide bonds. The molecule has 0 aliphatic heterocycles. The van der Waals surface area contributed by atoms with Crippen molar-refractivity contribution in [2.45, 2.75) is 32.7 Å². The molecule has 0 unspecified atom stereocenters. The second kappa shape index (κ2) is 4.88. The van der Waals surface area contributed by atoms with E-state index in [1.165, 1.54) is 0 Å². The standard InChI is InChI=1S/C13H18ClNO/c1-5-13(2,3)15(4)12-7-6-10(9-16)8-11(12)14/h6-9H,5H2,1-4H3. The highest BCUT2D eigenvalue weighted by Gasteiger charge is 2.22. The van der Waals surface area contributed by atoms with E-state index in [-0.39, 0.29) is 5.54 Å². The molecule has 2 nitrogen and oxygen atoms in total. The molecule has 16 heavy (non-hydrogen) atoms. The van der Waals surface area contributed by atoms with Crippen LogP contribution in [0, 0.1) is 0 Å². The molecule has 1 aromatic rings. The van der Waals surface area contributed by atoms with E-state index < -0.39 is 0 Å². The van der Waals surface area contributed by atoms with Crippen LogP contribution in [0.4, 0.5) is 5.69 Å². The molecule has 0 radical (unpaired) electrons. The number of halogens is 1.